The SMILES string of the molecule is CCNC(=O)c1ccnc2c(NC(=O)CCC=O)cccc12. The first kappa shape index (κ1) is 15.6. The van der Waals surface area contributed by atoms with Crippen LogP contribution in [0.5, 0.6) is 0 Å². The molecule has 2 rings (SSSR count). The number of nitrogens with zero attached hydrogens (tertiary/aromatic N) is 1. The van der Waals surface area contributed by atoms with Crippen molar-refractivity contribution < 1.29 is 14.4 Å². The molecule has 1 aromatic heterocycles. The van der Waals surface area contributed by atoms with Gasteiger partial charge in [-0.05, 0) is 19.1 Å². The van der Waals surface area contributed by atoms with Crippen LogP contribution >= 0.6 is 0 Å². The molecule has 0 atom stereocenters. The Hall–Kier alpha value is -2.76. The minimum Gasteiger partial charge on any atom is -0.352 e. The molecule has 0 aliphatic heterocycles. The van der Waals surface area contributed by atoms with Gasteiger partial charge in [0, 0.05) is 31.0 Å². The van der Waals surface area contributed by atoms with Gasteiger partial charge in [0.05, 0.1) is 16.8 Å². The van der Waals surface area contributed by atoms with Gasteiger partial charge in [0.15, 0.2) is 0 Å². The number of fused-ring (bicyclic) bond motifs is 1. The molecule has 0 saturated carbocycles. The number of aromatic nitrogens is 1. The number of benzene rings is 1. The lowest BCUT2D eigenvalue weighted by molar-refractivity contribution is -0.118. The lowest BCUT2D eigenvalue weighted by Crippen LogP contribution is -2.23. The molecule has 0 fully saturated rings. The van der Waals surface area contributed by atoms with E-state index < -0.39 is 0 Å². The summed E-state index contributed by atoms with van der Waals surface area (Å²) < 4.78 is 0. The molecule has 6 nitrogen and oxygen atoms in total. The average Bonchev–Trinajstić information content (AvgIpc) is 2.53. The first-order valence-corrected chi connectivity index (χ1v) is 7.06. The molecule has 1 aromatic carbocycles. The molecule has 6 heteroatoms. The second-order valence-corrected chi connectivity index (χ2v) is 4.67. The van der Waals surface area contributed by atoms with E-state index in [1.54, 1.807) is 24.3 Å². The highest BCUT2D eigenvalue weighted by atomic mass is 16.2. The third-order valence-electron chi connectivity index (χ3n) is 3.12. The number of carbonyl (C=O) groups is 3. The van der Waals surface area contributed by atoms with Crippen molar-refractivity contribution in [2.45, 2.75) is 19.8 Å². The molecule has 0 aliphatic rings. The predicted octanol–water partition coefficient (Wildman–Crippen LogP) is 1.90. The minimum atomic E-state index is -0.259. The Bertz CT molecular complexity index is 713. The summed E-state index contributed by atoms with van der Waals surface area (Å²) in [5.74, 6) is -0.441. The molecule has 114 valence electrons. The van der Waals surface area contributed by atoms with Gasteiger partial charge in [0.1, 0.15) is 6.29 Å². The van der Waals surface area contributed by atoms with E-state index in [0.717, 1.165) is 0 Å². The van der Waals surface area contributed by atoms with Gasteiger partial charge >= 0.3 is 0 Å². The van der Waals surface area contributed by atoms with Crippen molar-refractivity contribution >= 4 is 34.7 Å². The van der Waals surface area contributed by atoms with E-state index in [1.165, 1.54) is 6.20 Å². The van der Waals surface area contributed by atoms with Gasteiger partial charge in [0.2, 0.25) is 5.91 Å². The zero-order valence-corrected chi connectivity index (χ0v) is 12.3. The third kappa shape index (κ3) is 3.46. The van der Waals surface area contributed by atoms with Crippen LogP contribution in [0, 0.1) is 0 Å². The van der Waals surface area contributed by atoms with Crippen molar-refractivity contribution in [2.24, 2.45) is 0 Å². The van der Waals surface area contributed by atoms with Crippen molar-refractivity contribution in [3.63, 3.8) is 0 Å². The Morgan fingerprint density at radius 1 is 1.27 bits per heavy atom. The molecule has 1 heterocycles. The zero-order chi connectivity index (χ0) is 15.9. The first-order chi connectivity index (χ1) is 10.7. The monoisotopic (exact) mass is 299 g/mol. The molecule has 0 radical (unpaired) electrons. The molecule has 2 aromatic rings. The van der Waals surface area contributed by atoms with Crippen LogP contribution in [-0.4, -0.2) is 29.6 Å². The minimum absolute atomic E-state index is 0.121. The highest BCUT2D eigenvalue weighted by molar-refractivity contribution is 6.10. The lowest BCUT2D eigenvalue weighted by atomic mass is 10.1. The van der Waals surface area contributed by atoms with Crippen molar-refractivity contribution in [3.8, 4) is 0 Å². The van der Waals surface area contributed by atoms with Crippen LogP contribution in [0.25, 0.3) is 10.9 Å². The summed E-state index contributed by atoms with van der Waals surface area (Å²) in [5, 5.41) is 6.14. The average molecular weight is 299 g/mol. The Morgan fingerprint density at radius 2 is 2.09 bits per heavy atom. The van der Waals surface area contributed by atoms with Crippen LogP contribution in [0.15, 0.2) is 30.5 Å². The molecular weight excluding hydrogens is 282 g/mol. The Balaban J connectivity index is 2.37. The number of nitrogens with one attached hydrogen (secondary N) is 2. The molecule has 2 N–H and O–H groups in total. The van der Waals surface area contributed by atoms with E-state index in [4.69, 9.17) is 0 Å². The number of hydrogen-bond acceptors (Lipinski definition) is 4. The van der Waals surface area contributed by atoms with Crippen LogP contribution in [0.2, 0.25) is 0 Å². The fraction of sp³-hybridized carbons (Fsp3) is 0.250. The Labute approximate surface area is 127 Å². The maximum absolute atomic E-state index is 12.1. The highest BCUT2D eigenvalue weighted by Gasteiger charge is 2.13. The van der Waals surface area contributed by atoms with Crippen molar-refractivity contribution in [1.29, 1.82) is 0 Å². The predicted molar refractivity (Wildman–Crippen MR) is 83.7 cm³/mol. The summed E-state index contributed by atoms with van der Waals surface area (Å²) in [7, 11) is 0. The van der Waals surface area contributed by atoms with Gasteiger partial charge in [-0.2, -0.15) is 0 Å². The number of carbonyl (C=O) groups excluding carboxylic acids is 3. The third-order valence-corrected chi connectivity index (χ3v) is 3.12. The van der Waals surface area contributed by atoms with Crippen LogP contribution in [0.4, 0.5) is 5.69 Å². The second kappa shape index (κ2) is 7.31. The van der Waals surface area contributed by atoms with Gasteiger partial charge in [0.25, 0.3) is 5.91 Å². The molecule has 0 bridgehead atoms. The number of aldehydes is 1. The fourth-order valence-electron chi connectivity index (χ4n) is 2.13. The molecule has 0 aliphatic carbocycles. The van der Waals surface area contributed by atoms with Gasteiger partial charge in [-0.25, -0.2) is 0 Å². The smallest absolute Gasteiger partial charge is 0.252 e. The molecule has 0 saturated heterocycles. The van der Waals surface area contributed by atoms with Crippen LogP contribution in [-0.2, 0) is 9.59 Å². The number of rotatable bonds is 6. The topological polar surface area (TPSA) is 88.2 Å². The molecular formula is C16H17N3O3. The van der Waals surface area contributed by atoms with Crippen molar-refractivity contribution in [3.05, 3.63) is 36.0 Å². The number of amides is 2. The largest absolute Gasteiger partial charge is 0.352 e. The van der Waals surface area contributed by atoms with Crippen molar-refractivity contribution in [1.82, 2.24) is 10.3 Å². The van der Waals surface area contributed by atoms with E-state index in [0.29, 0.717) is 35.0 Å². The number of anilines is 1. The maximum atomic E-state index is 12.1. The van der Waals surface area contributed by atoms with E-state index >= 15 is 0 Å². The molecule has 2 amide bonds. The summed E-state index contributed by atoms with van der Waals surface area (Å²) in [6, 6.07) is 6.90. The van der Waals surface area contributed by atoms with E-state index in [9.17, 15) is 14.4 Å². The van der Waals surface area contributed by atoms with Crippen molar-refractivity contribution in [2.75, 3.05) is 11.9 Å². The Kier molecular flexibility index (Phi) is 5.19. The van der Waals surface area contributed by atoms with E-state index in [2.05, 4.69) is 15.6 Å². The second-order valence-electron chi connectivity index (χ2n) is 4.67. The fourth-order valence-corrected chi connectivity index (χ4v) is 2.13. The van der Waals surface area contributed by atoms with E-state index in [1.807, 2.05) is 6.92 Å². The summed E-state index contributed by atoms with van der Waals surface area (Å²) >= 11 is 0. The Morgan fingerprint density at radius 3 is 2.82 bits per heavy atom. The van der Waals surface area contributed by atoms with Crippen LogP contribution < -0.4 is 10.6 Å². The number of para-hydroxylation sites is 1. The quantitative estimate of drug-likeness (QED) is 0.797. The normalized spacial score (nSPS) is 10.2. The first-order valence-electron chi connectivity index (χ1n) is 7.06. The van der Waals surface area contributed by atoms with Gasteiger partial charge in [-0.1, -0.05) is 12.1 Å². The molecule has 22 heavy (non-hydrogen) atoms. The van der Waals surface area contributed by atoms with Gasteiger partial charge in [-0.15, -0.1) is 0 Å². The van der Waals surface area contributed by atoms with E-state index in [-0.39, 0.29) is 24.7 Å². The van der Waals surface area contributed by atoms with Gasteiger partial charge in [-0.3, -0.25) is 14.6 Å². The summed E-state index contributed by atoms with van der Waals surface area (Å²) in [4.78, 5) is 38.4. The zero-order valence-electron chi connectivity index (χ0n) is 12.3. The summed E-state index contributed by atoms with van der Waals surface area (Å²) in [5.41, 5.74) is 1.58. The van der Waals surface area contributed by atoms with Gasteiger partial charge < -0.3 is 15.4 Å². The molecule has 0 unspecified atom stereocenters. The standard InChI is InChI=1S/C16H17N3O3/c1-2-17-16(22)12-8-9-18-15-11(12)5-3-6-13(15)19-14(21)7-4-10-20/h3,5-6,8-10H,2,4,7H2,1H3,(H,17,22)(H,19,21). The number of pyridine rings is 1. The summed E-state index contributed by atoms with van der Waals surface area (Å²) in [6.07, 6.45) is 2.53. The molecule has 0 spiro atoms. The summed E-state index contributed by atoms with van der Waals surface area (Å²) in [6.45, 7) is 2.38. The van der Waals surface area contributed by atoms with Crippen LogP contribution in [0.1, 0.15) is 30.1 Å². The number of hydrogen-bond donors (Lipinski definition) is 2. The lowest BCUT2D eigenvalue weighted by Gasteiger charge is -2.10. The maximum Gasteiger partial charge on any atom is 0.252 e. The van der Waals surface area contributed by atoms with Crippen LogP contribution in [0.3, 0.4) is 0 Å². The highest BCUT2D eigenvalue weighted by Crippen LogP contribution is 2.24.